The molecule has 1 aromatic rings. The van der Waals surface area contributed by atoms with Crippen molar-refractivity contribution in [1.82, 2.24) is 4.98 Å². The first-order chi connectivity index (χ1) is 6.59. The topological polar surface area (TPSA) is 45.1 Å². The molecule has 0 saturated heterocycles. The van der Waals surface area contributed by atoms with Crippen molar-refractivity contribution in [2.45, 2.75) is 19.4 Å². The Bertz CT molecular complexity index is 307. The number of anilines is 1. The lowest BCUT2D eigenvalue weighted by Gasteiger charge is -2.08. The fraction of sp³-hybridized carbons (Fsp3) is 0.444. The second-order valence-corrected chi connectivity index (χ2v) is 4.21. The highest BCUT2D eigenvalue weighted by Crippen LogP contribution is 2.15. The lowest BCUT2D eigenvalue weighted by molar-refractivity contribution is 0.188. The lowest BCUT2D eigenvalue weighted by atomic mass is 10.3. The number of nitrogens with one attached hydrogen (secondary N) is 1. The maximum atomic E-state index is 12.7. The molecule has 0 fully saturated rings. The van der Waals surface area contributed by atoms with Gasteiger partial charge in [-0.05, 0) is 42.0 Å². The molecule has 78 valence electrons. The van der Waals surface area contributed by atoms with Gasteiger partial charge in [0, 0.05) is 6.54 Å². The van der Waals surface area contributed by atoms with Crippen molar-refractivity contribution in [3.8, 4) is 0 Å². The highest BCUT2D eigenvalue weighted by atomic mass is 127. The molecule has 14 heavy (non-hydrogen) atoms. The summed E-state index contributed by atoms with van der Waals surface area (Å²) in [5.74, 6) is 0.322. The Morgan fingerprint density at radius 1 is 1.71 bits per heavy atom. The number of pyridine rings is 1. The van der Waals surface area contributed by atoms with Gasteiger partial charge in [0.05, 0.1) is 15.9 Å². The van der Waals surface area contributed by atoms with Crippen LogP contribution in [0.4, 0.5) is 10.2 Å². The summed E-state index contributed by atoms with van der Waals surface area (Å²) < 4.78 is 13.4. The molecule has 3 nitrogen and oxygen atoms in total. The lowest BCUT2D eigenvalue weighted by Crippen LogP contribution is -2.11. The second kappa shape index (κ2) is 5.45. The van der Waals surface area contributed by atoms with E-state index in [4.69, 9.17) is 5.11 Å². The second-order valence-electron chi connectivity index (χ2n) is 3.05. The van der Waals surface area contributed by atoms with Gasteiger partial charge in [0.25, 0.3) is 0 Å². The molecule has 0 spiro atoms. The number of aliphatic hydroxyl groups is 1. The zero-order valence-corrected chi connectivity index (χ0v) is 9.95. The highest BCUT2D eigenvalue weighted by Gasteiger charge is 2.02. The molecule has 0 bridgehead atoms. The van der Waals surface area contributed by atoms with Crippen molar-refractivity contribution < 1.29 is 9.50 Å². The zero-order valence-electron chi connectivity index (χ0n) is 7.80. The number of aromatic nitrogens is 1. The van der Waals surface area contributed by atoms with E-state index in [1.165, 1.54) is 12.3 Å². The van der Waals surface area contributed by atoms with E-state index >= 15 is 0 Å². The minimum Gasteiger partial charge on any atom is -0.393 e. The summed E-state index contributed by atoms with van der Waals surface area (Å²) >= 11 is 2.02. The minimum atomic E-state index is -0.338. The molecule has 0 aliphatic carbocycles. The number of hydrogen-bond donors (Lipinski definition) is 2. The molecule has 1 aromatic heterocycles. The highest BCUT2D eigenvalue weighted by molar-refractivity contribution is 14.1. The predicted octanol–water partition coefficient (Wildman–Crippen LogP) is 2.01. The van der Waals surface area contributed by atoms with Crippen LogP contribution in [-0.2, 0) is 0 Å². The standard InChI is InChI=1S/C9H12FIN2O/c1-6(14)2-3-12-9-8(11)4-7(10)5-13-9/h4-6,14H,2-3H2,1H3,(H,12,13)/t6-/m1/s1. The van der Waals surface area contributed by atoms with Crippen LogP contribution in [0.15, 0.2) is 12.3 Å². The molecule has 0 aromatic carbocycles. The van der Waals surface area contributed by atoms with Gasteiger partial charge in [0.15, 0.2) is 0 Å². The summed E-state index contributed by atoms with van der Waals surface area (Å²) in [6, 6.07) is 1.41. The number of rotatable bonds is 4. The van der Waals surface area contributed by atoms with Gasteiger partial charge in [0.1, 0.15) is 11.6 Å². The molecule has 0 unspecified atom stereocenters. The van der Waals surface area contributed by atoms with Crippen LogP contribution in [0.3, 0.4) is 0 Å². The SMILES string of the molecule is C[C@@H](O)CCNc1ncc(F)cc1I. The quantitative estimate of drug-likeness (QED) is 0.836. The van der Waals surface area contributed by atoms with E-state index in [1.807, 2.05) is 22.6 Å². The smallest absolute Gasteiger partial charge is 0.142 e. The van der Waals surface area contributed by atoms with Crippen LogP contribution in [0.25, 0.3) is 0 Å². The van der Waals surface area contributed by atoms with Gasteiger partial charge in [-0.2, -0.15) is 0 Å². The van der Waals surface area contributed by atoms with Crippen LogP contribution in [-0.4, -0.2) is 22.7 Å². The summed E-state index contributed by atoms with van der Waals surface area (Å²) in [7, 11) is 0. The summed E-state index contributed by atoms with van der Waals surface area (Å²) in [5, 5.41) is 12.0. The van der Waals surface area contributed by atoms with Crippen molar-refractivity contribution in [3.63, 3.8) is 0 Å². The van der Waals surface area contributed by atoms with Gasteiger partial charge in [-0.15, -0.1) is 0 Å². The predicted molar refractivity (Wildman–Crippen MR) is 61.7 cm³/mol. The summed E-state index contributed by atoms with van der Waals surface area (Å²) in [6.45, 7) is 2.36. The van der Waals surface area contributed by atoms with E-state index in [9.17, 15) is 4.39 Å². The Balaban J connectivity index is 2.51. The van der Waals surface area contributed by atoms with Crippen LogP contribution in [0.5, 0.6) is 0 Å². The normalized spacial score (nSPS) is 12.6. The van der Waals surface area contributed by atoms with E-state index in [2.05, 4.69) is 10.3 Å². The average Bonchev–Trinajstić information content (AvgIpc) is 2.08. The summed E-state index contributed by atoms with van der Waals surface area (Å²) in [4.78, 5) is 3.90. The molecule has 2 N–H and O–H groups in total. The van der Waals surface area contributed by atoms with E-state index in [1.54, 1.807) is 6.92 Å². The Kier molecular flexibility index (Phi) is 4.53. The van der Waals surface area contributed by atoms with Crippen molar-refractivity contribution in [2.24, 2.45) is 0 Å². The zero-order chi connectivity index (χ0) is 10.6. The Morgan fingerprint density at radius 3 is 3.00 bits per heavy atom. The third kappa shape index (κ3) is 3.75. The monoisotopic (exact) mass is 310 g/mol. The first-order valence-corrected chi connectivity index (χ1v) is 5.40. The van der Waals surface area contributed by atoms with E-state index in [0.717, 1.165) is 3.57 Å². The summed E-state index contributed by atoms with van der Waals surface area (Å²) in [6.07, 6.45) is 1.49. The maximum Gasteiger partial charge on any atom is 0.142 e. The largest absolute Gasteiger partial charge is 0.393 e. The third-order valence-electron chi connectivity index (χ3n) is 1.66. The van der Waals surface area contributed by atoms with Gasteiger partial charge in [-0.1, -0.05) is 0 Å². The van der Waals surface area contributed by atoms with Gasteiger partial charge in [0.2, 0.25) is 0 Å². The first-order valence-electron chi connectivity index (χ1n) is 4.32. The van der Waals surface area contributed by atoms with E-state index in [0.29, 0.717) is 18.8 Å². The van der Waals surface area contributed by atoms with Crippen molar-refractivity contribution >= 4 is 28.4 Å². The first kappa shape index (κ1) is 11.6. The molecule has 1 heterocycles. The average molecular weight is 310 g/mol. The minimum absolute atomic E-state index is 0.333. The molecule has 1 atom stereocenters. The van der Waals surface area contributed by atoms with Crippen molar-refractivity contribution in [2.75, 3.05) is 11.9 Å². The van der Waals surface area contributed by atoms with Crippen LogP contribution in [0, 0.1) is 9.39 Å². The molecule has 5 heteroatoms. The van der Waals surface area contributed by atoms with E-state index in [-0.39, 0.29) is 11.9 Å². The van der Waals surface area contributed by atoms with Crippen LogP contribution in [0.2, 0.25) is 0 Å². The van der Waals surface area contributed by atoms with Gasteiger partial charge < -0.3 is 10.4 Å². The molecular weight excluding hydrogens is 298 g/mol. The van der Waals surface area contributed by atoms with Crippen molar-refractivity contribution in [3.05, 3.63) is 21.7 Å². The Morgan fingerprint density at radius 2 is 2.43 bits per heavy atom. The van der Waals surface area contributed by atoms with Crippen LogP contribution >= 0.6 is 22.6 Å². The molecule has 0 amide bonds. The van der Waals surface area contributed by atoms with Gasteiger partial charge in [-0.3, -0.25) is 0 Å². The Hall–Kier alpha value is -0.430. The number of nitrogens with zero attached hydrogens (tertiary/aromatic N) is 1. The van der Waals surface area contributed by atoms with Crippen LogP contribution in [0.1, 0.15) is 13.3 Å². The van der Waals surface area contributed by atoms with Gasteiger partial charge >= 0.3 is 0 Å². The molecule has 0 aliphatic heterocycles. The van der Waals surface area contributed by atoms with E-state index < -0.39 is 0 Å². The van der Waals surface area contributed by atoms with Crippen molar-refractivity contribution in [1.29, 1.82) is 0 Å². The molecule has 0 saturated carbocycles. The fourth-order valence-electron chi connectivity index (χ4n) is 0.944. The molecule has 1 rings (SSSR count). The Labute approximate surface area is 95.9 Å². The molecule has 0 radical (unpaired) electrons. The fourth-order valence-corrected chi connectivity index (χ4v) is 1.57. The van der Waals surface area contributed by atoms with Gasteiger partial charge in [-0.25, -0.2) is 9.37 Å². The maximum absolute atomic E-state index is 12.7. The number of aliphatic hydroxyl groups excluding tert-OH is 1. The third-order valence-corrected chi connectivity index (χ3v) is 2.48. The number of hydrogen-bond acceptors (Lipinski definition) is 3. The molecule has 0 aliphatic rings. The number of halogens is 2. The molecular formula is C9H12FIN2O. The summed E-state index contributed by atoms with van der Waals surface area (Å²) in [5.41, 5.74) is 0. The van der Waals surface area contributed by atoms with Crippen LogP contribution < -0.4 is 5.32 Å².